The first-order chi connectivity index (χ1) is 9.01. The van der Waals surface area contributed by atoms with Crippen LogP contribution in [-0.2, 0) is 11.3 Å². The lowest BCUT2D eigenvalue weighted by Gasteiger charge is -2.17. The van der Waals surface area contributed by atoms with Gasteiger partial charge in [-0.05, 0) is 18.1 Å². The molecular weight excluding hydrogens is 266 g/mol. The summed E-state index contributed by atoms with van der Waals surface area (Å²) in [6.45, 7) is 4.05. The van der Waals surface area contributed by atoms with Crippen molar-refractivity contribution in [3.63, 3.8) is 0 Å². The molecule has 0 radical (unpaired) electrons. The van der Waals surface area contributed by atoms with Crippen LogP contribution in [0.4, 0.5) is 0 Å². The van der Waals surface area contributed by atoms with Crippen LogP contribution in [0.15, 0.2) is 18.2 Å². The molecule has 5 heteroatoms. The molecule has 2 atom stereocenters. The van der Waals surface area contributed by atoms with E-state index in [0.29, 0.717) is 18.1 Å². The molecule has 1 aliphatic heterocycles. The Morgan fingerprint density at radius 2 is 2.26 bits per heavy atom. The summed E-state index contributed by atoms with van der Waals surface area (Å²) in [4.78, 5) is 13.3. The number of halogens is 1. The Morgan fingerprint density at radius 1 is 1.53 bits per heavy atom. The Bertz CT molecular complexity index is 478. The topological polar surface area (TPSA) is 49.8 Å². The lowest BCUT2D eigenvalue weighted by molar-refractivity contribution is -0.142. The number of hydrogen-bond donors (Lipinski definition) is 1. The fourth-order valence-electron chi connectivity index (χ4n) is 2.61. The number of methoxy groups -OCH3 is 1. The molecule has 1 aliphatic rings. The molecule has 0 bridgehead atoms. The predicted octanol–water partition coefficient (Wildman–Crippen LogP) is 2.50. The van der Waals surface area contributed by atoms with Gasteiger partial charge in [-0.25, -0.2) is 0 Å². The van der Waals surface area contributed by atoms with E-state index in [2.05, 4.69) is 4.90 Å². The van der Waals surface area contributed by atoms with Crippen LogP contribution < -0.4 is 4.74 Å². The molecule has 4 nitrogen and oxygen atoms in total. The van der Waals surface area contributed by atoms with E-state index in [4.69, 9.17) is 21.4 Å². The Hall–Kier alpha value is -1.26. The molecule has 1 saturated heterocycles. The lowest BCUT2D eigenvalue weighted by Crippen LogP contribution is -2.23. The Kier molecular flexibility index (Phi) is 4.32. The first-order valence-electron chi connectivity index (χ1n) is 6.29. The van der Waals surface area contributed by atoms with Crippen LogP contribution in [-0.4, -0.2) is 36.2 Å². The van der Waals surface area contributed by atoms with E-state index >= 15 is 0 Å². The average Bonchev–Trinajstić information content (AvgIpc) is 2.72. The van der Waals surface area contributed by atoms with Crippen molar-refractivity contribution in [2.75, 3.05) is 20.2 Å². The number of carboxylic acid groups (broad SMARTS) is 1. The van der Waals surface area contributed by atoms with Crippen molar-refractivity contribution in [3.8, 4) is 5.75 Å². The summed E-state index contributed by atoms with van der Waals surface area (Å²) in [7, 11) is 1.61. The summed E-state index contributed by atoms with van der Waals surface area (Å²) >= 11 is 5.93. The lowest BCUT2D eigenvalue weighted by atomic mass is 9.99. The second-order valence-corrected chi connectivity index (χ2v) is 5.51. The van der Waals surface area contributed by atoms with Crippen molar-refractivity contribution >= 4 is 17.6 Å². The second-order valence-electron chi connectivity index (χ2n) is 5.07. The molecule has 0 unspecified atom stereocenters. The Labute approximate surface area is 117 Å². The maximum Gasteiger partial charge on any atom is 0.308 e. The van der Waals surface area contributed by atoms with Crippen molar-refractivity contribution < 1.29 is 14.6 Å². The number of likely N-dealkylation sites (tertiary alicyclic amines) is 1. The van der Waals surface area contributed by atoms with Gasteiger partial charge in [-0.3, -0.25) is 9.69 Å². The van der Waals surface area contributed by atoms with Crippen molar-refractivity contribution in [1.82, 2.24) is 4.90 Å². The summed E-state index contributed by atoms with van der Waals surface area (Å²) in [6.07, 6.45) is 0. The standard InChI is InChI=1S/C14H18ClNO3/c1-9-6-16(8-12(9)14(17)18)7-10-3-4-11(15)5-13(10)19-2/h3-5,9,12H,6-8H2,1-2H3,(H,17,18)/t9-,12-/m1/s1. The first-order valence-corrected chi connectivity index (χ1v) is 6.66. The van der Waals surface area contributed by atoms with Gasteiger partial charge >= 0.3 is 5.97 Å². The minimum atomic E-state index is -0.710. The number of benzene rings is 1. The van der Waals surface area contributed by atoms with E-state index in [-0.39, 0.29) is 11.8 Å². The van der Waals surface area contributed by atoms with Crippen LogP contribution in [0.5, 0.6) is 5.75 Å². The fourth-order valence-corrected chi connectivity index (χ4v) is 2.77. The number of rotatable bonds is 4. The number of nitrogens with zero attached hydrogens (tertiary/aromatic N) is 1. The van der Waals surface area contributed by atoms with Crippen LogP contribution in [0.3, 0.4) is 0 Å². The number of aliphatic carboxylic acids is 1. The molecule has 19 heavy (non-hydrogen) atoms. The van der Waals surface area contributed by atoms with Crippen LogP contribution >= 0.6 is 11.6 Å². The predicted molar refractivity (Wildman–Crippen MR) is 73.6 cm³/mol. The zero-order chi connectivity index (χ0) is 14.0. The average molecular weight is 284 g/mol. The molecule has 0 aliphatic carbocycles. The van der Waals surface area contributed by atoms with Gasteiger partial charge in [-0.15, -0.1) is 0 Å². The molecule has 1 fully saturated rings. The van der Waals surface area contributed by atoms with Crippen LogP contribution in [0.1, 0.15) is 12.5 Å². The van der Waals surface area contributed by atoms with Crippen LogP contribution in [0, 0.1) is 11.8 Å². The van der Waals surface area contributed by atoms with Crippen molar-refractivity contribution in [2.24, 2.45) is 11.8 Å². The third-order valence-electron chi connectivity index (χ3n) is 3.65. The number of carboxylic acids is 1. The molecule has 1 heterocycles. The van der Waals surface area contributed by atoms with Gasteiger partial charge in [0.05, 0.1) is 13.0 Å². The summed E-state index contributed by atoms with van der Waals surface area (Å²) in [6, 6.07) is 5.54. The zero-order valence-electron chi connectivity index (χ0n) is 11.1. The summed E-state index contributed by atoms with van der Waals surface area (Å²) in [5.74, 6) is -0.0638. The van der Waals surface area contributed by atoms with Crippen molar-refractivity contribution in [3.05, 3.63) is 28.8 Å². The molecular formula is C14H18ClNO3. The second kappa shape index (κ2) is 5.80. The van der Waals surface area contributed by atoms with E-state index < -0.39 is 5.97 Å². The smallest absolute Gasteiger partial charge is 0.308 e. The van der Waals surface area contributed by atoms with Gasteiger partial charge in [0.25, 0.3) is 0 Å². The van der Waals surface area contributed by atoms with Gasteiger partial charge in [0, 0.05) is 30.2 Å². The van der Waals surface area contributed by atoms with E-state index in [1.807, 2.05) is 19.1 Å². The minimum Gasteiger partial charge on any atom is -0.496 e. The van der Waals surface area contributed by atoms with E-state index in [0.717, 1.165) is 17.9 Å². The van der Waals surface area contributed by atoms with Gasteiger partial charge in [0.1, 0.15) is 5.75 Å². The van der Waals surface area contributed by atoms with Crippen LogP contribution in [0.25, 0.3) is 0 Å². The van der Waals surface area contributed by atoms with Crippen molar-refractivity contribution in [2.45, 2.75) is 13.5 Å². The van der Waals surface area contributed by atoms with Gasteiger partial charge < -0.3 is 9.84 Å². The maximum atomic E-state index is 11.1. The third kappa shape index (κ3) is 3.19. The van der Waals surface area contributed by atoms with E-state index in [1.165, 1.54) is 0 Å². The number of carbonyl (C=O) groups is 1. The summed E-state index contributed by atoms with van der Waals surface area (Å²) in [5, 5.41) is 9.77. The first kappa shape index (κ1) is 14.2. The summed E-state index contributed by atoms with van der Waals surface area (Å²) < 4.78 is 5.31. The Morgan fingerprint density at radius 3 is 2.84 bits per heavy atom. The molecule has 0 aromatic heterocycles. The molecule has 1 aromatic carbocycles. The minimum absolute atomic E-state index is 0.177. The third-order valence-corrected chi connectivity index (χ3v) is 3.88. The highest BCUT2D eigenvalue weighted by atomic mass is 35.5. The molecule has 2 rings (SSSR count). The summed E-state index contributed by atoms with van der Waals surface area (Å²) in [5.41, 5.74) is 1.03. The SMILES string of the molecule is COc1cc(Cl)ccc1CN1C[C@@H](C)[C@H](C(=O)O)C1. The monoisotopic (exact) mass is 283 g/mol. The molecule has 104 valence electrons. The zero-order valence-corrected chi connectivity index (χ0v) is 11.9. The highest BCUT2D eigenvalue weighted by Gasteiger charge is 2.34. The molecule has 0 amide bonds. The van der Waals surface area contributed by atoms with Crippen molar-refractivity contribution in [1.29, 1.82) is 0 Å². The fraction of sp³-hybridized carbons (Fsp3) is 0.500. The highest BCUT2D eigenvalue weighted by Crippen LogP contribution is 2.28. The molecule has 1 aromatic rings. The molecule has 0 saturated carbocycles. The van der Waals surface area contributed by atoms with E-state index in [9.17, 15) is 4.79 Å². The molecule has 0 spiro atoms. The van der Waals surface area contributed by atoms with Gasteiger partial charge in [-0.2, -0.15) is 0 Å². The quantitative estimate of drug-likeness (QED) is 0.922. The maximum absolute atomic E-state index is 11.1. The normalized spacial score (nSPS) is 23.5. The largest absolute Gasteiger partial charge is 0.496 e. The number of hydrogen-bond acceptors (Lipinski definition) is 3. The highest BCUT2D eigenvalue weighted by molar-refractivity contribution is 6.30. The van der Waals surface area contributed by atoms with Gasteiger partial charge in [0.15, 0.2) is 0 Å². The van der Waals surface area contributed by atoms with Gasteiger partial charge in [0.2, 0.25) is 0 Å². The Balaban J connectivity index is 2.08. The van der Waals surface area contributed by atoms with Gasteiger partial charge in [-0.1, -0.05) is 24.6 Å². The van der Waals surface area contributed by atoms with E-state index in [1.54, 1.807) is 13.2 Å². The van der Waals surface area contributed by atoms with Crippen LogP contribution in [0.2, 0.25) is 5.02 Å². The number of ether oxygens (including phenoxy) is 1. The molecule has 1 N–H and O–H groups in total.